The Kier molecular flexibility index (Phi) is 4.77. The van der Waals surface area contributed by atoms with Gasteiger partial charge >= 0.3 is 0 Å². The Balaban J connectivity index is 1.86. The number of furan rings is 1. The fraction of sp³-hybridized carbons (Fsp3) is 0.250. The van der Waals surface area contributed by atoms with E-state index in [9.17, 15) is 9.59 Å². The van der Waals surface area contributed by atoms with Crippen LogP contribution >= 0.6 is 0 Å². The second-order valence-electron chi connectivity index (χ2n) is 4.64. The molecule has 0 radical (unpaired) electrons. The van der Waals surface area contributed by atoms with Crippen LogP contribution in [0.15, 0.2) is 47.1 Å². The van der Waals surface area contributed by atoms with Crippen molar-refractivity contribution in [2.24, 2.45) is 0 Å². The van der Waals surface area contributed by atoms with E-state index in [4.69, 9.17) is 9.15 Å². The van der Waals surface area contributed by atoms with Gasteiger partial charge in [0.1, 0.15) is 11.5 Å². The molecule has 21 heavy (non-hydrogen) atoms. The molecule has 5 heteroatoms. The van der Waals surface area contributed by atoms with Gasteiger partial charge in [-0.05, 0) is 50.2 Å². The zero-order chi connectivity index (χ0) is 15.2. The molecule has 0 aliphatic carbocycles. The normalized spacial score (nSPS) is 11.7. The zero-order valence-electron chi connectivity index (χ0n) is 12.0. The van der Waals surface area contributed by atoms with Crippen molar-refractivity contribution >= 4 is 11.7 Å². The summed E-state index contributed by atoms with van der Waals surface area (Å²) in [5.41, 5.74) is 0.609. The quantitative estimate of drug-likeness (QED) is 0.829. The molecule has 1 amide bonds. The predicted molar refractivity (Wildman–Crippen MR) is 77.1 cm³/mol. The Morgan fingerprint density at radius 1 is 1.24 bits per heavy atom. The Bertz CT molecular complexity index is 602. The zero-order valence-corrected chi connectivity index (χ0v) is 12.0. The van der Waals surface area contributed by atoms with Gasteiger partial charge in [0.2, 0.25) is 0 Å². The number of hydrogen-bond donors (Lipinski definition) is 1. The molecule has 0 saturated heterocycles. The van der Waals surface area contributed by atoms with E-state index in [1.54, 1.807) is 49.6 Å². The summed E-state index contributed by atoms with van der Waals surface area (Å²) >= 11 is 0. The molecular weight excluding hydrogens is 270 g/mol. The highest BCUT2D eigenvalue weighted by Gasteiger charge is 2.14. The summed E-state index contributed by atoms with van der Waals surface area (Å²) in [6.07, 6.45) is 0.918. The SMILES string of the molecule is CC(=O)c1ccc(O[C@H](C)C(=O)NCc2ccco2)cc1. The highest BCUT2D eigenvalue weighted by Crippen LogP contribution is 2.14. The minimum atomic E-state index is -0.636. The fourth-order valence-corrected chi connectivity index (χ4v) is 1.76. The largest absolute Gasteiger partial charge is 0.481 e. The number of nitrogens with one attached hydrogen (secondary N) is 1. The lowest BCUT2D eigenvalue weighted by molar-refractivity contribution is -0.127. The van der Waals surface area contributed by atoms with Crippen molar-refractivity contribution in [2.45, 2.75) is 26.5 Å². The van der Waals surface area contributed by atoms with Crippen molar-refractivity contribution in [1.29, 1.82) is 0 Å². The topological polar surface area (TPSA) is 68.5 Å². The van der Waals surface area contributed by atoms with Gasteiger partial charge < -0.3 is 14.5 Å². The van der Waals surface area contributed by atoms with Gasteiger partial charge in [-0.2, -0.15) is 0 Å². The first kappa shape index (κ1) is 14.8. The molecule has 1 aromatic carbocycles. The third-order valence-electron chi connectivity index (χ3n) is 2.96. The van der Waals surface area contributed by atoms with Crippen LogP contribution in [-0.4, -0.2) is 17.8 Å². The Morgan fingerprint density at radius 3 is 2.52 bits per heavy atom. The van der Waals surface area contributed by atoms with Crippen molar-refractivity contribution in [2.75, 3.05) is 0 Å². The summed E-state index contributed by atoms with van der Waals surface area (Å²) in [5.74, 6) is 0.981. The summed E-state index contributed by atoms with van der Waals surface area (Å²) in [5, 5.41) is 2.72. The lowest BCUT2D eigenvalue weighted by atomic mass is 10.1. The third-order valence-corrected chi connectivity index (χ3v) is 2.96. The Labute approximate surface area is 122 Å². The molecular formula is C16H17NO4. The lowest BCUT2D eigenvalue weighted by Crippen LogP contribution is -2.35. The van der Waals surface area contributed by atoms with E-state index >= 15 is 0 Å². The van der Waals surface area contributed by atoms with E-state index in [1.165, 1.54) is 6.92 Å². The summed E-state index contributed by atoms with van der Waals surface area (Å²) < 4.78 is 10.7. The number of benzene rings is 1. The minimum Gasteiger partial charge on any atom is -0.481 e. The smallest absolute Gasteiger partial charge is 0.261 e. The van der Waals surface area contributed by atoms with Crippen molar-refractivity contribution in [1.82, 2.24) is 5.32 Å². The average molecular weight is 287 g/mol. The van der Waals surface area contributed by atoms with E-state index in [0.29, 0.717) is 23.6 Å². The van der Waals surface area contributed by atoms with Crippen LogP contribution in [0.3, 0.4) is 0 Å². The van der Waals surface area contributed by atoms with Gasteiger partial charge in [-0.15, -0.1) is 0 Å². The maximum Gasteiger partial charge on any atom is 0.261 e. The molecule has 1 heterocycles. The number of carbonyl (C=O) groups excluding carboxylic acids is 2. The predicted octanol–water partition coefficient (Wildman–Crippen LogP) is 2.57. The number of rotatable bonds is 6. The molecule has 5 nitrogen and oxygen atoms in total. The summed E-state index contributed by atoms with van der Waals surface area (Å²) in [6.45, 7) is 3.49. The second-order valence-corrected chi connectivity index (χ2v) is 4.64. The lowest BCUT2D eigenvalue weighted by Gasteiger charge is -2.14. The van der Waals surface area contributed by atoms with Crippen LogP contribution in [0.5, 0.6) is 5.75 Å². The van der Waals surface area contributed by atoms with E-state index in [-0.39, 0.29) is 11.7 Å². The van der Waals surface area contributed by atoms with E-state index in [2.05, 4.69) is 5.32 Å². The van der Waals surface area contributed by atoms with Crippen LogP contribution in [0.25, 0.3) is 0 Å². The highest BCUT2D eigenvalue weighted by molar-refractivity contribution is 5.94. The van der Waals surface area contributed by atoms with E-state index in [1.807, 2.05) is 0 Å². The number of amides is 1. The molecule has 1 N–H and O–H groups in total. The minimum absolute atomic E-state index is 0.00853. The molecule has 0 saturated carbocycles. The standard InChI is InChI=1S/C16H17NO4/c1-11(18)13-5-7-14(8-6-13)21-12(2)16(19)17-10-15-4-3-9-20-15/h3-9,12H,10H2,1-2H3,(H,17,19)/t12-/m1/s1. The monoisotopic (exact) mass is 287 g/mol. The van der Waals surface area contributed by atoms with Crippen molar-refractivity contribution in [3.63, 3.8) is 0 Å². The maximum absolute atomic E-state index is 11.9. The van der Waals surface area contributed by atoms with Crippen LogP contribution in [-0.2, 0) is 11.3 Å². The number of ether oxygens (including phenoxy) is 1. The first-order valence-corrected chi connectivity index (χ1v) is 6.64. The first-order chi connectivity index (χ1) is 10.1. The molecule has 0 bridgehead atoms. The Morgan fingerprint density at radius 2 is 1.95 bits per heavy atom. The number of hydrogen-bond acceptors (Lipinski definition) is 4. The van der Waals surface area contributed by atoms with Crippen LogP contribution in [0.2, 0.25) is 0 Å². The van der Waals surface area contributed by atoms with Crippen LogP contribution in [0.1, 0.15) is 30.0 Å². The van der Waals surface area contributed by atoms with E-state index < -0.39 is 6.10 Å². The summed E-state index contributed by atoms with van der Waals surface area (Å²) in [4.78, 5) is 23.1. The van der Waals surface area contributed by atoms with Crippen molar-refractivity contribution in [3.8, 4) is 5.75 Å². The van der Waals surface area contributed by atoms with E-state index in [0.717, 1.165) is 0 Å². The van der Waals surface area contributed by atoms with Gasteiger partial charge in [0.05, 0.1) is 12.8 Å². The molecule has 0 spiro atoms. The molecule has 1 atom stereocenters. The molecule has 0 aliphatic heterocycles. The van der Waals surface area contributed by atoms with Gasteiger partial charge in [0.25, 0.3) is 5.91 Å². The van der Waals surface area contributed by atoms with Crippen LogP contribution < -0.4 is 10.1 Å². The molecule has 2 aromatic rings. The van der Waals surface area contributed by atoms with Gasteiger partial charge in [-0.3, -0.25) is 9.59 Å². The Hall–Kier alpha value is -2.56. The molecule has 0 unspecified atom stereocenters. The van der Waals surface area contributed by atoms with Crippen LogP contribution in [0.4, 0.5) is 0 Å². The number of Topliss-reactive ketones (excluding diaryl/α,β-unsaturated/α-hetero) is 1. The van der Waals surface area contributed by atoms with Crippen molar-refractivity contribution < 1.29 is 18.7 Å². The highest BCUT2D eigenvalue weighted by atomic mass is 16.5. The summed E-state index contributed by atoms with van der Waals surface area (Å²) in [7, 11) is 0. The molecule has 1 aromatic heterocycles. The molecule has 2 rings (SSSR count). The maximum atomic E-state index is 11.9. The summed E-state index contributed by atoms with van der Waals surface area (Å²) in [6, 6.07) is 10.2. The molecule has 110 valence electrons. The molecule has 0 fully saturated rings. The second kappa shape index (κ2) is 6.74. The van der Waals surface area contributed by atoms with Gasteiger partial charge in [0, 0.05) is 5.56 Å². The van der Waals surface area contributed by atoms with Crippen molar-refractivity contribution in [3.05, 3.63) is 54.0 Å². The van der Waals surface area contributed by atoms with Gasteiger partial charge in [-0.1, -0.05) is 0 Å². The third kappa shape index (κ3) is 4.21. The number of carbonyl (C=O) groups is 2. The fourth-order valence-electron chi connectivity index (χ4n) is 1.76. The van der Waals surface area contributed by atoms with Gasteiger partial charge in [-0.25, -0.2) is 0 Å². The molecule has 0 aliphatic rings. The average Bonchev–Trinajstić information content (AvgIpc) is 2.98. The first-order valence-electron chi connectivity index (χ1n) is 6.64. The van der Waals surface area contributed by atoms with Crippen LogP contribution in [0, 0.1) is 0 Å². The number of ketones is 1. The van der Waals surface area contributed by atoms with Gasteiger partial charge in [0.15, 0.2) is 11.9 Å².